The second-order valence-electron chi connectivity index (χ2n) is 9.67. The molecule has 0 aliphatic carbocycles. The molecule has 0 saturated carbocycles. The van der Waals surface area contributed by atoms with Crippen molar-refractivity contribution in [1.82, 2.24) is 19.4 Å². The molecule has 0 bridgehead atoms. The van der Waals surface area contributed by atoms with E-state index in [2.05, 4.69) is 26.8 Å². The predicted octanol–water partition coefficient (Wildman–Crippen LogP) is 4.42. The number of nitrogens with one attached hydrogen (secondary N) is 1. The van der Waals surface area contributed by atoms with Gasteiger partial charge in [0.05, 0.1) is 22.8 Å². The van der Waals surface area contributed by atoms with Crippen LogP contribution in [0.2, 0.25) is 0 Å². The lowest BCUT2D eigenvalue weighted by Crippen LogP contribution is -2.43. The number of hydrogen-bond donors (Lipinski definition) is 1. The van der Waals surface area contributed by atoms with Gasteiger partial charge in [-0.2, -0.15) is 0 Å². The van der Waals surface area contributed by atoms with E-state index in [4.69, 9.17) is 14.7 Å². The fourth-order valence-corrected chi connectivity index (χ4v) is 5.37. The zero-order chi connectivity index (χ0) is 25.6. The molecule has 7 nitrogen and oxygen atoms in total. The summed E-state index contributed by atoms with van der Waals surface area (Å²) >= 11 is 0. The van der Waals surface area contributed by atoms with Gasteiger partial charge in [-0.3, -0.25) is 4.99 Å². The molecule has 0 spiro atoms. The maximum absolute atomic E-state index is 14.9. The number of anilines is 1. The van der Waals surface area contributed by atoms with Gasteiger partial charge in [-0.1, -0.05) is 18.2 Å². The van der Waals surface area contributed by atoms with Crippen LogP contribution in [0.15, 0.2) is 29.3 Å². The molecule has 1 aromatic carbocycles. The molecule has 36 heavy (non-hydrogen) atoms. The standard InChI is InChI=1S/C26H31F3N6O/c1-15(17-6-5-7-18(21(17)27)22(28)29)31-23-19-14-20(26(36-4)8-11-34(3)12-9-26)25-30-10-13-35(25)24(19)33-16(2)32-23/h5-7,14-15,22,30H,8-13H2,1-4H3/t15-/m1/s1. The van der Waals surface area contributed by atoms with Crippen molar-refractivity contribution >= 4 is 5.82 Å². The number of pyridine rings is 1. The second kappa shape index (κ2) is 9.48. The average Bonchev–Trinajstić information content (AvgIpc) is 3.35. The largest absolute Gasteiger partial charge is 0.373 e. The maximum atomic E-state index is 14.9. The van der Waals surface area contributed by atoms with Gasteiger partial charge in [-0.15, -0.1) is 0 Å². The summed E-state index contributed by atoms with van der Waals surface area (Å²) in [6, 6.07) is 5.35. The lowest BCUT2D eigenvalue weighted by Gasteiger charge is -2.41. The van der Waals surface area contributed by atoms with Crippen molar-refractivity contribution in [1.29, 1.82) is 0 Å². The number of ether oxygens (including phenoxy) is 1. The van der Waals surface area contributed by atoms with Crippen molar-refractivity contribution < 1.29 is 17.9 Å². The number of halogens is 3. The number of fused-ring (bicyclic) bond motifs is 3. The minimum Gasteiger partial charge on any atom is -0.373 e. The first kappa shape index (κ1) is 24.7. The SMILES string of the molecule is COC1(c2cc3c(=N[C@H](C)c4cccc(C(F)F)c4F)nc(C)nc-3n3c2NCC3)CCN(C)CC1. The molecule has 1 saturated heterocycles. The Morgan fingerprint density at radius 1 is 1.14 bits per heavy atom. The quantitative estimate of drug-likeness (QED) is 0.562. The van der Waals surface area contributed by atoms with Crippen LogP contribution in [0.1, 0.15) is 54.7 Å². The van der Waals surface area contributed by atoms with Crippen LogP contribution in [0.3, 0.4) is 0 Å². The summed E-state index contributed by atoms with van der Waals surface area (Å²) in [7, 11) is 3.86. The van der Waals surface area contributed by atoms with Gasteiger partial charge in [-0.25, -0.2) is 23.1 Å². The summed E-state index contributed by atoms with van der Waals surface area (Å²) in [6.07, 6.45) is -1.23. The van der Waals surface area contributed by atoms with Crippen molar-refractivity contribution in [3.05, 3.63) is 58.1 Å². The van der Waals surface area contributed by atoms with Gasteiger partial charge in [0, 0.05) is 44.4 Å². The number of methoxy groups -OCH3 is 1. The summed E-state index contributed by atoms with van der Waals surface area (Å²) in [5, 5.41) is 3.52. The Labute approximate surface area is 208 Å². The third kappa shape index (κ3) is 4.16. The number of aromatic nitrogens is 3. The highest BCUT2D eigenvalue weighted by Gasteiger charge is 2.40. The van der Waals surface area contributed by atoms with Gasteiger partial charge in [0.2, 0.25) is 0 Å². The molecule has 5 rings (SSSR count). The van der Waals surface area contributed by atoms with Crippen LogP contribution in [-0.4, -0.2) is 53.2 Å². The molecule has 4 aliphatic heterocycles. The number of aryl methyl sites for hydroxylation is 1. The van der Waals surface area contributed by atoms with Crippen LogP contribution >= 0.6 is 0 Å². The van der Waals surface area contributed by atoms with E-state index < -0.39 is 29.4 Å². The molecular formula is C26H31F3N6O. The van der Waals surface area contributed by atoms with Crippen molar-refractivity contribution in [3.8, 4) is 11.4 Å². The number of rotatable bonds is 5. The van der Waals surface area contributed by atoms with E-state index in [9.17, 15) is 13.2 Å². The summed E-state index contributed by atoms with van der Waals surface area (Å²) in [5.74, 6) is 1.33. The molecular weight excluding hydrogens is 469 g/mol. The molecule has 1 N–H and O–H groups in total. The van der Waals surface area contributed by atoms with E-state index in [-0.39, 0.29) is 5.56 Å². The van der Waals surface area contributed by atoms with Gasteiger partial charge in [0.15, 0.2) is 5.49 Å². The number of likely N-dealkylation sites (tertiary alicyclic amines) is 1. The highest BCUT2D eigenvalue weighted by molar-refractivity contribution is 5.67. The van der Waals surface area contributed by atoms with E-state index >= 15 is 0 Å². The molecule has 10 heteroatoms. The van der Waals surface area contributed by atoms with Crippen molar-refractivity contribution in [2.24, 2.45) is 4.99 Å². The Morgan fingerprint density at radius 2 is 1.86 bits per heavy atom. The fraction of sp³-hybridized carbons (Fsp3) is 0.500. The number of alkyl halides is 2. The Balaban J connectivity index is 1.70. The average molecular weight is 501 g/mol. The van der Waals surface area contributed by atoms with Gasteiger partial charge in [0.25, 0.3) is 6.43 Å². The van der Waals surface area contributed by atoms with Crippen LogP contribution in [0, 0.1) is 12.7 Å². The topological polar surface area (TPSA) is 67.6 Å². The van der Waals surface area contributed by atoms with E-state index in [1.54, 1.807) is 21.0 Å². The molecule has 0 radical (unpaired) electrons. The van der Waals surface area contributed by atoms with Crippen molar-refractivity contribution in [2.75, 3.05) is 39.1 Å². The third-order valence-electron chi connectivity index (χ3n) is 7.45. The number of benzene rings is 1. The Bertz CT molecular complexity index is 1320. The summed E-state index contributed by atoms with van der Waals surface area (Å²) < 4.78 is 49.8. The zero-order valence-corrected chi connectivity index (χ0v) is 21.0. The first-order chi connectivity index (χ1) is 17.2. The maximum Gasteiger partial charge on any atom is 0.266 e. The molecule has 0 aromatic heterocycles. The van der Waals surface area contributed by atoms with Crippen LogP contribution in [0.4, 0.5) is 19.0 Å². The monoisotopic (exact) mass is 500 g/mol. The Kier molecular flexibility index (Phi) is 6.50. The lowest BCUT2D eigenvalue weighted by atomic mass is 9.83. The van der Waals surface area contributed by atoms with Gasteiger partial charge in [0.1, 0.15) is 23.3 Å². The van der Waals surface area contributed by atoms with E-state index in [0.29, 0.717) is 11.3 Å². The highest BCUT2D eigenvalue weighted by atomic mass is 19.3. The third-order valence-corrected chi connectivity index (χ3v) is 7.45. The van der Waals surface area contributed by atoms with Crippen molar-refractivity contribution in [3.63, 3.8) is 0 Å². The number of nitrogens with zero attached hydrogens (tertiary/aromatic N) is 5. The first-order valence-electron chi connectivity index (χ1n) is 12.2. The summed E-state index contributed by atoms with van der Waals surface area (Å²) in [6.45, 7) is 6.79. The normalized spacial score (nSPS) is 19.1. The lowest BCUT2D eigenvalue weighted by molar-refractivity contribution is -0.0582. The summed E-state index contributed by atoms with van der Waals surface area (Å²) in [4.78, 5) is 16.3. The minimum absolute atomic E-state index is 0.108. The van der Waals surface area contributed by atoms with Gasteiger partial charge >= 0.3 is 0 Å². The van der Waals surface area contributed by atoms with Crippen molar-refractivity contribution in [2.45, 2.75) is 51.3 Å². The summed E-state index contributed by atoms with van der Waals surface area (Å²) in [5.41, 5.74) is 1.19. The smallest absolute Gasteiger partial charge is 0.266 e. The molecule has 4 aliphatic rings. The Hall–Kier alpha value is -2.98. The first-order valence-corrected chi connectivity index (χ1v) is 12.2. The molecule has 1 fully saturated rings. The zero-order valence-electron chi connectivity index (χ0n) is 21.0. The highest BCUT2D eigenvalue weighted by Crippen LogP contribution is 2.43. The van der Waals surface area contributed by atoms with Crippen LogP contribution < -0.4 is 10.8 Å². The molecule has 0 amide bonds. The predicted molar refractivity (Wildman–Crippen MR) is 131 cm³/mol. The Morgan fingerprint density at radius 3 is 2.56 bits per heavy atom. The fourth-order valence-electron chi connectivity index (χ4n) is 5.37. The molecule has 0 unspecified atom stereocenters. The van der Waals surface area contributed by atoms with E-state index in [1.165, 1.54) is 12.1 Å². The van der Waals surface area contributed by atoms with Gasteiger partial charge < -0.3 is 19.5 Å². The van der Waals surface area contributed by atoms with Crippen LogP contribution in [0.25, 0.3) is 11.4 Å². The number of piperidine rings is 1. The molecule has 1 aromatic rings. The van der Waals surface area contributed by atoms with Crippen LogP contribution in [-0.2, 0) is 16.9 Å². The van der Waals surface area contributed by atoms with Gasteiger partial charge in [-0.05, 0) is 39.8 Å². The van der Waals surface area contributed by atoms with Crippen LogP contribution in [0.5, 0.6) is 0 Å². The number of hydrogen-bond acceptors (Lipinski definition) is 6. The molecule has 4 heterocycles. The van der Waals surface area contributed by atoms with E-state index in [0.717, 1.165) is 67.9 Å². The van der Waals surface area contributed by atoms with E-state index in [1.807, 2.05) is 6.07 Å². The minimum atomic E-state index is -2.90. The second-order valence-corrected chi connectivity index (χ2v) is 9.67. The molecule has 1 atom stereocenters. The molecule has 192 valence electrons.